The molecular weight excluding hydrogens is 462 g/mol. The number of carbonyl (C=O) groups is 2. The fraction of sp³-hybridized carbons (Fsp3) is 0.429. The Morgan fingerprint density at radius 3 is 2.31 bits per heavy atom. The van der Waals surface area contributed by atoms with Crippen LogP contribution in [0.25, 0.3) is 5.76 Å². The Morgan fingerprint density at radius 2 is 1.72 bits per heavy atom. The zero-order valence-electron chi connectivity index (χ0n) is 22.0. The van der Waals surface area contributed by atoms with Gasteiger partial charge in [0.25, 0.3) is 11.7 Å². The van der Waals surface area contributed by atoms with E-state index < -0.39 is 17.7 Å². The number of carbonyl (C=O) groups excluding carboxylic acids is 2. The molecule has 194 valence electrons. The number of methoxy groups -OCH3 is 3. The van der Waals surface area contributed by atoms with Gasteiger partial charge in [0.05, 0.1) is 39.0 Å². The number of hydrogen-bond donors (Lipinski definition) is 1. The topological polar surface area (TPSA) is 94.5 Å². The van der Waals surface area contributed by atoms with Gasteiger partial charge in [-0.3, -0.25) is 9.59 Å². The van der Waals surface area contributed by atoms with E-state index in [4.69, 9.17) is 18.9 Å². The first-order valence-corrected chi connectivity index (χ1v) is 12.0. The van der Waals surface area contributed by atoms with Gasteiger partial charge in [-0.1, -0.05) is 19.9 Å². The average Bonchev–Trinajstić information content (AvgIpc) is 3.11. The summed E-state index contributed by atoms with van der Waals surface area (Å²) < 4.78 is 21.9. The van der Waals surface area contributed by atoms with Crippen LogP contribution in [0.2, 0.25) is 0 Å². The molecule has 3 rings (SSSR count). The first-order chi connectivity index (χ1) is 17.2. The molecule has 1 saturated heterocycles. The molecule has 1 unspecified atom stereocenters. The lowest BCUT2D eigenvalue weighted by atomic mass is 9.91. The standard InChI is InChI=1S/C28H35NO7/c1-8-36-21-10-9-18(14-23(21)35-7)25-24(27(31)28(32)29(25)11-12-33-5)26(30)20-15-19(16(2)3)22(34-6)13-17(20)4/h9-10,13-16,25,30H,8,11-12H2,1-7H3/b26-24+. The van der Waals surface area contributed by atoms with Crippen molar-refractivity contribution >= 4 is 17.4 Å². The summed E-state index contributed by atoms with van der Waals surface area (Å²) in [5.74, 6) is 0.159. The van der Waals surface area contributed by atoms with Gasteiger partial charge in [0.2, 0.25) is 0 Å². The van der Waals surface area contributed by atoms with Crippen LogP contribution in [0, 0.1) is 6.92 Å². The van der Waals surface area contributed by atoms with Crippen molar-refractivity contribution in [3.05, 3.63) is 58.2 Å². The van der Waals surface area contributed by atoms with E-state index in [2.05, 4.69) is 0 Å². The predicted octanol–water partition coefficient (Wildman–Crippen LogP) is 4.60. The minimum Gasteiger partial charge on any atom is -0.507 e. The van der Waals surface area contributed by atoms with Gasteiger partial charge in [-0.05, 0) is 60.7 Å². The van der Waals surface area contributed by atoms with Gasteiger partial charge in [0.1, 0.15) is 11.5 Å². The van der Waals surface area contributed by atoms with Crippen molar-refractivity contribution < 1.29 is 33.6 Å². The summed E-state index contributed by atoms with van der Waals surface area (Å²) in [4.78, 5) is 27.9. The van der Waals surface area contributed by atoms with Crippen molar-refractivity contribution in [3.8, 4) is 17.2 Å². The normalized spacial score (nSPS) is 17.1. The molecule has 0 radical (unpaired) electrons. The fourth-order valence-corrected chi connectivity index (χ4v) is 4.50. The average molecular weight is 498 g/mol. The Labute approximate surface area is 212 Å². The molecule has 2 aromatic carbocycles. The van der Waals surface area contributed by atoms with Crippen LogP contribution in [-0.4, -0.2) is 62.8 Å². The van der Waals surface area contributed by atoms with Crippen LogP contribution in [0.4, 0.5) is 0 Å². The first kappa shape index (κ1) is 27.1. The summed E-state index contributed by atoms with van der Waals surface area (Å²) in [6.07, 6.45) is 0. The smallest absolute Gasteiger partial charge is 0.295 e. The number of nitrogens with zero attached hydrogens (tertiary/aromatic N) is 1. The third-order valence-electron chi connectivity index (χ3n) is 6.33. The van der Waals surface area contributed by atoms with E-state index in [0.29, 0.717) is 35.0 Å². The molecule has 1 heterocycles. The Balaban J connectivity index is 2.26. The molecule has 1 aliphatic rings. The third-order valence-corrected chi connectivity index (χ3v) is 6.33. The highest BCUT2D eigenvalue weighted by Gasteiger charge is 2.46. The Morgan fingerprint density at radius 1 is 1.03 bits per heavy atom. The van der Waals surface area contributed by atoms with Crippen molar-refractivity contribution in [2.75, 3.05) is 41.1 Å². The molecule has 1 amide bonds. The third kappa shape index (κ3) is 5.04. The number of aliphatic hydroxyl groups excluding tert-OH is 1. The number of benzene rings is 2. The minimum atomic E-state index is -0.825. The van der Waals surface area contributed by atoms with Crippen LogP contribution >= 0.6 is 0 Å². The lowest BCUT2D eigenvalue weighted by Gasteiger charge is -2.26. The number of aliphatic hydroxyl groups is 1. The van der Waals surface area contributed by atoms with E-state index in [1.165, 1.54) is 19.1 Å². The summed E-state index contributed by atoms with van der Waals surface area (Å²) in [7, 11) is 4.65. The lowest BCUT2D eigenvalue weighted by molar-refractivity contribution is -0.140. The molecule has 0 aromatic heterocycles. The van der Waals surface area contributed by atoms with E-state index in [9.17, 15) is 14.7 Å². The van der Waals surface area contributed by atoms with Gasteiger partial charge in [-0.15, -0.1) is 0 Å². The summed E-state index contributed by atoms with van der Waals surface area (Å²) in [6.45, 7) is 8.61. The summed E-state index contributed by atoms with van der Waals surface area (Å²) in [5, 5.41) is 11.6. The van der Waals surface area contributed by atoms with Gasteiger partial charge >= 0.3 is 0 Å². The van der Waals surface area contributed by atoms with E-state index in [-0.39, 0.29) is 30.4 Å². The van der Waals surface area contributed by atoms with E-state index in [0.717, 1.165) is 11.1 Å². The van der Waals surface area contributed by atoms with Crippen LogP contribution in [0.5, 0.6) is 17.2 Å². The monoisotopic (exact) mass is 497 g/mol. The quantitative estimate of drug-likeness (QED) is 0.291. The van der Waals surface area contributed by atoms with Gasteiger partial charge < -0.3 is 29.0 Å². The van der Waals surface area contributed by atoms with Crippen molar-refractivity contribution in [1.82, 2.24) is 4.90 Å². The van der Waals surface area contributed by atoms with E-state index >= 15 is 0 Å². The first-order valence-electron chi connectivity index (χ1n) is 12.0. The number of aryl methyl sites for hydroxylation is 1. The van der Waals surface area contributed by atoms with Crippen LogP contribution in [-0.2, 0) is 14.3 Å². The highest BCUT2D eigenvalue weighted by atomic mass is 16.5. The minimum absolute atomic E-state index is 0.0188. The number of ketones is 1. The number of Topliss-reactive ketones (excluding diaryl/α,β-unsaturated/α-hetero) is 1. The Hall–Kier alpha value is -3.52. The molecule has 1 aliphatic heterocycles. The Kier molecular flexibility index (Phi) is 8.63. The SMILES string of the molecule is CCOc1ccc(C2/C(=C(\O)c3cc(C(C)C)c(OC)cc3C)C(=O)C(=O)N2CCOC)cc1OC. The van der Waals surface area contributed by atoms with Gasteiger partial charge in [0, 0.05) is 19.2 Å². The number of amides is 1. The van der Waals surface area contributed by atoms with Crippen molar-refractivity contribution in [3.63, 3.8) is 0 Å². The molecule has 2 aromatic rings. The van der Waals surface area contributed by atoms with Crippen molar-refractivity contribution in [2.45, 2.75) is 39.7 Å². The van der Waals surface area contributed by atoms with Gasteiger partial charge in [-0.25, -0.2) is 0 Å². The van der Waals surface area contributed by atoms with Crippen LogP contribution in [0.1, 0.15) is 55.0 Å². The lowest BCUT2D eigenvalue weighted by Crippen LogP contribution is -2.32. The molecule has 0 spiro atoms. The number of likely N-dealkylation sites (tertiary alicyclic amines) is 1. The molecule has 0 bridgehead atoms. The van der Waals surface area contributed by atoms with Gasteiger partial charge in [-0.2, -0.15) is 0 Å². The molecule has 36 heavy (non-hydrogen) atoms. The molecular formula is C28H35NO7. The molecule has 0 aliphatic carbocycles. The highest BCUT2D eigenvalue weighted by molar-refractivity contribution is 6.46. The van der Waals surface area contributed by atoms with Gasteiger partial charge in [0.15, 0.2) is 11.5 Å². The van der Waals surface area contributed by atoms with Crippen LogP contribution in [0.15, 0.2) is 35.9 Å². The second kappa shape index (κ2) is 11.5. The number of ether oxygens (including phenoxy) is 4. The van der Waals surface area contributed by atoms with E-state index in [1.807, 2.05) is 39.8 Å². The highest BCUT2D eigenvalue weighted by Crippen LogP contribution is 2.43. The maximum absolute atomic E-state index is 13.3. The summed E-state index contributed by atoms with van der Waals surface area (Å²) in [6, 6.07) is 8.08. The molecule has 8 nitrogen and oxygen atoms in total. The predicted molar refractivity (Wildman–Crippen MR) is 137 cm³/mol. The van der Waals surface area contributed by atoms with Crippen molar-refractivity contribution in [1.29, 1.82) is 0 Å². The fourth-order valence-electron chi connectivity index (χ4n) is 4.50. The largest absolute Gasteiger partial charge is 0.507 e. The number of rotatable bonds is 10. The number of hydrogen-bond acceptors (Lipinski definition) is 7. The molecule has 0 saturated carbocycles. The Bertz CT molecular complexity index is 1170. The molecule has 1 fully saturated rings. The zero-order valence-corrected chi connectivity index (χ0v) is 22.0. The maximum Gasteiger partial charge on any atom is 0.295 e. The maximum atomic E-state index is 13.3. The molecule has 1 N–H and O–H groups in total. The second-order valence-electron chi connectivity index (χ2n) is 8.89. The molecule has 8 heteroatoms. The summed E-state index contributed by atoms with van der Waals surface area (Å²) >= 11 is 0. The van der Waals surface area contributed by atoms with E-state index in [1.54, 1.807) is 25.3 Å². The zero-order chi connectivity index (χ0) is 26.6. The molecule has 1 atom stereocenters. The van der Waals surface area contributed by atoms with Crippen molar-refractivity contribution in [2.24, 2.45) is 0 Å². The van der Waals surface area contributed by atoms with Crippen LogP contribution in [0.3, 0.4) is 0 Å². The second-order valence-corrected chi connectivity index (χ2v) is 8.89. The van der Waals surface area contributed by atoms with Crippen LogP contribution < -0.4 is 14.2 Å². The summed E-state index contributed by atoms with van der Waals surface area (Å²) in [5.41, 5.74) is 2.72.